The molecule has 4 aromatic rings. The number of Topliss-reactive ketones (excluding diaryl/α,β-unsaturated/α-hetero) is 1. The Labute approximate surface area is 269 Å². The van der Waals surface area contributed by atoms with Crippen LogP contribution in [-0.4, -0.2) is 52.3 Å². The summed E-state index contributed by atoms with van der Waals surface area (Å²) < 4.78 is 0. The monoisotopic (exact) mass is 622 g/mol. The number of nitrogens with one attached hydrogen (secondary N) is 2. The Morgan fingerprint density at radius 2 is 1.43 bits per heavy atom. The van der Waals surface area contributed by atoms with Crippen LogP contribution in [0.3, 0.4) is 0 Å². The second-order valence-electron chi connectivity index (χ2n) is 12.7. The van der Waals surface area contributed by atoms with E-state index in [0.29, 0.717) is 16.7 Å². The summed E-state index contributed by atoms with van der Waals surface area (Å²) in [4.78, 5) is 52.5. The summed E-state index contributed by atoms with van der Waals surface area (Å²) in [5, 5.41) is 19.2. The number of benzene rings is 4. The summed E-state index contributed by atoms with van der Waals surface area (Å²) in [6.07, 6.45) is -1.32. The van der Waals surface area contributed by atoms with E-state index in [2.05, 4.69) is 10.6 Å². The number of nitrogens with two attached hydrogens (primary N) is 2. The Morgan fingerprint density at radius 3 is 2.11 bits per heavy atom. The highest BCUT2D eigenvalue weighted by Crippen LogP contribution is 2.21. The number of aliphatic hydroxyl groups excluding tert-OH is 1. The molecular formula is C37H42N4O5. The Balaban J connectivity index is 1.60. The zero-order valence-corrected chi connectivity index (χ0v) is 26.4. The molecule has 0 bridgehead atoms. The molecule has 3 amide bonds. The van der Waals surface area contributed by atoms with Gasteiger partial charge < -0.3 is 27.2 Å². The fourth-order valence-electron chi connectivity index (χ4n) is 5.45. The van der Waals surface area contributed by atoms with E-state index >= 15 is 0 Å². The Morgan fingerprint density at radius 1 is 0.804 bits per heavy atom. The van der Waals surface area contributed by atoms with Gasteiger partial charge in [-0.15, -0.1) is 0 Å². The van der Waals surface area contributed by atoms with Crippen LogP contribution in [0.2, 0.25) is 0 Å². The average molecular weight is 623 g/mol. The molecule has 7 N–H and O–H groups in total. The number of hydrogen-bond acceptors (Lipinski definition) is 6. The minimum absolute atomic E-state index is 0.0497. The van der Waals surface area contributed by atoms with Gasteiger partial charge in [0, 0.05) is 29.5 Å². The average Bonchev–Trinajstić information content (AvgIpc) is 3.02. The van der Waals surface area contributed by atoms with Crippen LogP contribution in [-0.2, 0) is 22.4 Å². The molecule has 4 rings (SSSR count). The van der Waals surface area contributed by atoms with Crippen LogP contribution < -0.4 is 22.1 Å². The third-order valence-corrected chi connectivity index (χ3v) is 7.80. The van der Waals surface area contributed by atoms with Crippen molar-refractivity contribution in [1.29, 1.82) is 0 Å². The number of fused-ring (bicyclic) bond motifs is 1. The lowest BCUT2D eigenvalue weighted by Gasteiger charge is -2.29. The van der Waals surface area contributed by atoms with E-state index in [9.17, 15) is 24.3 Å². The van der Waals surface area contributed by atoms with Gasteiger partial charge in [0.15, 0.2) is 5.78 Å². The molecule has 1 unspecified atom stereocenters. The van der Waals surface area contributed by atoms with Crippen LogP contribution in [0.5, 0.6) is 0 Å². The van der Waals surface area contributed by atoms with Crippen molar-refractivity contribution < 1.29 is 24.3 Å². The first-order valence-corrected chi connectivity index (χ1v) is 15.3. The van der Waals surface area contributed by atoms with Crippen LogP contribution in [0.1, 0.15) is 59.0 Å². The van der Waals surface area contributed by atoms with Gasteiger partial charge in [-0.2, -0.15) is 0 Å². The van der Waals surface area contributed by atoms with E-state index in [4.69, 9.17) is 11.5 Å². The lowest BCUT2D eigenvalue weighted by atomic mass is 9.87. The summed E-state index contributed by atoms with van der Waals surface area (Å²) in [5.41, 5.74) is 13.6. The third kappa shape index (κ3) is 9.09. The predicted molar refractivity (Wildman–Crippen MR) is 179 cm³/mol. The van der Waals surface area contributed by atoms with Gasteiger partial charge >= 0.3 is 0 Å². The molecule has 0 saturated carbocycles. The van der Waals surface area contributed by atoms with E-state index in [1.165, 1.54) is 0 Å². The zero-order valence-electron chi connectivity index (χ0n) is 26.4. The van der Waals surface area contributed by atoms with Gasteiger partial charge in [0.25, 0.3) is 5.91 Å². The Hall–Kier alpha value is -4.86. The van der Waals surface area contributed by atoms with Crippen molar-refractivity contribution in [2.75, 3.05) is 0 Å². The number of amides is 3. The zero-order chi connectivity index (χ0) is 33.4. The van der Waals surface area contributed by atoms with Gasteiger partial charge in [-0.05, 0) is 61.2 Å². The fourth-order valence-corrected chi connectivity index (χ4v) is 5.45. The van der Waals surface area contributed by atoms with E-state index in [0.717, 1.165) is 16.3 Å². The van der Waals surface area contributed by atoms with Crippen molar-refractivity contribution in [3.05, 3.63) is 119 Å². The summed E-state index contributed by atoms with van der Waals surface area (Å²) in [5.74, 6) is -3.54. The lowest BCUT2D eigenvalue weighted by molar-refractivity contribution is -0.130. The van der Waals surface area contributed by atoms with Gasteiger partial charge in [0.2, 0.25) is 11.8 Å². The van der Waals surface area contributed by atoms with Gasteiger partial charge in [-0.3, -0.25) is 19.2 Å². The van der Waals surface area contributed by atoms with Crippen LogP contribution >= 0.6 is 0 Å². The molecule has 0 spiro atoms. The second-order valence-corrected chi connectivity index (χ2v) is 12.7. The maximum atomic E-state index is 13.8. The van der Waals surface area contributed by atoms with E-state index in [1.807, 2.05) is 75.4 Å². The number of rotatable bonds is 13. The number of carbonyl (C=O) groups is 4. The van der Waals surface area contributed by atoms with Gasteiger partial charge in [0.05, 0.1) is 24.1 Å². The van der Waals surface area contributed by atoms with Gasteiger partial charge in [0.1, 0.15) is 0 Å². The summed E-state index contributed by atoms with van der Waals surface area (Å²) >= 11 is 0. The number of hydrogen-bond donors (Lipinski definition) is 5. The minimum Gasteiger partial charge on any atom is -0.391 e. The summed E-state index contributed by atoms with van der Waals surface area (Å²) in [6.45, 7) is 5.64. The highest BCUT2D eigenvalue weighted by atomic mass is 16.3. The Bertz CT molecular complexity index is 1700. The van der Waals surface area contributed by atoms with Crippen molar-refractivity contribution in [2.24, 2.45) is 17.4 Å². The third-order valence-electron chi connectivity index (χ3n) is 7.80. The molecule has 0 saturated heterocycles. The quantitative estimate of drug-likeness (QED) is 0.143. The molecular weight excluding hydrogens is 580 g/mol. The smallest absolute Gasteiger partial charge is 0.251 e. The molecule has 0 radical (unpaired) electrons. The van der Waals surface area contributed by atoms with Crippen molar-refractivity contribution in [3.8, 4) is 0 Å². The molecule has 46 heavy (non-hydrogen) atoms. The van der Waals surface area contributed by atoms with Crippen molar-refractivity contribution >= 4 is 34.3 Å². The first-order valence-electron chi connectivity index (χ1n) is 15.3. The predicted octanol–water partition coefficient (Wildman–Crippen LogP) is 3.70. The largest absolute Gasteiger partial charge is 0.391 e. The topological polar surface area (TPSA) is 165 Å². The number of carbonyl (C=O) groups excluding carboxylic acids is 4. The van der Waals surface area contributed by atoms with Crippen molar-refractivity contribution in [2.45, 2.75) is 63.8 Å². The lowest BCUT2D eigenvalue weighted by Crippen LogP contribution is -2.53. The SMILES string of the molecule is CC(C)(C)NC(=O)c1ccccc1C[C@@H](O)[C@H](Cc1ccccc1)NC(=O)[C@H](CC(N)=O)C(N)C(=O)c1ccc2ccccc2c1. The maximum Gasteiger partial charge on any atom is 0.251 e. The number of aliphatic hydroxyl groups is 1. The molecule has 9 heteroatoms. The first kappa shape index (κ1) is 34.0. The molecule has 4 aromatic carbocycles. The van der Waals surface area contributed by atoms with Gasteiger partial charge in [-0.25, -0.2) is 0 Å². The van der Waals surface area contributed by atoms with Crippen LogP contribution in [0.25, 0.3) is 10.8 Å². The van der Waals surface area contributed by atoms with Crippen molar-refractivity contribution in [3.63, 3.8) is 0 Å². The summed E-state index contributed by atoms with van der Waals surface area (Å²) in [7, 11) is 0. The first-order chi connectivity index (χ1) is 21.8. The number of ketones is 1. The molecule has 240 valence electrons. The second kappa shape index (κ2) is 14.9. The molecule has 4 atom stereocenters. The number of primary amides is 1. The van der Waals surface area contributed by atoms with E-state index in [1.54, 1.807) is 42.5 Å². The Kier molecular flexibility index (Phi) is 11.1. The standard InChI is InChI=1S/C37H42N4O5/c1-37(2,3)41-36(46)28-16-10-9-15-26(28)21-31(42)30(19-23-11-5-4-6-12-23)40-35(45)29(22-32(38)43)33(39)34(44)27-18-17-24-13-7-8-14-25(24)20-27/h4-18,20,29-31,33,42H,19,21-22,39H2,1-3H3,(H2,38,43)(H,40,45)(H,41,46)/t29-,30+,31-,33?/m1/s1. The molecule has 0 aliphatic heterocycles. The molecule has 9 nitrogen and oxygen atoms in total. The maximum absolute atomic E-state index is 13.8. The van der Waals surface area contributed by atoms with Gasteiger partial charge in [-0.1, -0.05) is 84.9 Å². The molecule has 0 heterocycles. The van der Waals surface area contributed by atoms with Crippen LogP contribution in [0.4, 0.5) is 0 Å². The van der Waals surface area contributed by atoms with Crippen LogP contribution in [0.15, 0.2) is 97.1 Å². The highest BCUT2D eigenvalue weighted by molar-refractivity contribution is 6.05. The van der Waals surface area contributed by atoms with E-state index < -0.39 is 53.7 Å². The molecule has 0 aliphatic carbocycles. The van der Waals surface area contributed by atoms with E-state index in [-0.39, 0.29) is 18.7 Å². The normalized spacial score (nSPS) is 14.1. The minimum atomic E-state index is -1.37. The molecule has 0 fully saturated rings. The fraction of sp³-hybridized carbons (Fsp3) is 0.297. The summed E-state index contributed by atoms with van der Waals surface area (Å²) in [6, 6.07) is 26.7. The van der Waals surface area contributed by atoms with Crippen molar-refractivity contribution in [1.82, 2.24) is 10.6 Å². The molecule has 0 aromatic heterocycles. The van der Waals surface area contributed by atoms with Crippen LogP contribution in [0, 0.1) is 5.92 Å². The molecule has 0 aliphatic rings. The highest BCUT2D eigenvalue weighted by Gasteiger charge is 2.35.